The van der Waals surface area contributed by atoms with Crippen molar-refractivity contribution >= 4 is 5.91 Å². The molecule has 0 aromatic heterocycles. The standard InChI is InChI=1S/C25H27NO2/c1-4-23(21-15-14-18(2)16-19(21)3)26-25(27)22-12-8-9-13-24(22)28-17-20-10-6-5-7-11-20/h5-16,23H,4,17H2,1-3H3,(H,26,27). The van der Waals surface area contributed by atoms with Crippen molar-refractivity contribution < 1.29 is 9.53 Å². The monoisotopic (exact) mass is 373 g/mol. The van der Waals surface area contributed by atoms with Gasteiger partial charge in [0.2, 0.25) is 0 Å². The van der Waals surface area contributed by atoms with E-state index in [0.717, 1.165) is 17.5 Å². The molecule has 0 spiro atoms. The summed E-state index contributed by atoms with van der Waals surface area (Å²) in [6.07, 6.45) is 0.822. The molecule has 1 unspecified atom stereocenters. The Labute approximate surface area is 167 Å². The van der Waals surface area contributed by atoms with Gasteiger partial charge in [0.05, 0.1) is 11.6 Å². The molecule has 144 valence electrons. The average molecular weight is 373 g/mol. The van der Waals surface area contributed by atoms with Crippen molar-refractivity contribution in [1.29, 1.82) is 0 Å². The minimum Gasteiger partial charge on any atom is -0.488 e. The van der Waals surface area contributed by atoms with Crippen LogP contribution in [0.4, 0.5) is 0 Å². The fraction of sp³-hybridized carbons (Fsp3) is 0.240. The second-order valence-corrected chi connectivity index (χ2v) is 7.06. The van der Waals surface area contributed by atoms with Crippen LogP contribution in [0.5, 0.6) is 5.75 Å². The smallest absolute Gasteiger partial charge is 0.255 e. The van der Waals surface area contributed by atoms with E-state index in [9.17, 15) is 4.79 Å². The molecule has 0 aliphatic carbocycles. The number of benzene rings is 3. The number of aryl methyl sites for hydroxylation is 2. The van der Waals surface area contributed by atoms with E-state index in [0.29, 0.717) is 17.9 Å². The number of para-hydroxylation sites is 1. The fourth-order valence-electron chi connectivity index (χ4n) is 3.37. The Kier molecular flexibility index (Phi) is 6.49. The summed E-state index contributed by atoms with van der Waals surface area (Å²) in [6.45, 7) is 6.69. The summed E-state index contributed by atoms with van der Waals surface area (Å²) in [7, 11) is 0. The van der Waals surface area contributed by atoms with E-state index in [-0.39, 0.29) is 11.9 Å². The molecular formula is C25H27NO2. The Balaban J connectivity index is 1.76. The highest BCUT2D eigenvalue weighted by Gasteiger charge is 2.18. The molecule has 0 saturated carbocycles. The molecule has 1 N–H and O–H groups in total. The quantitative estimate of drug-likeness (QED) is 0.571. The van der Waals surface area contributed by atoms with Gasteiger partial charge in [-0.05, 0) is 49.1 Å². The van der Waals surface area contributed by atoms with Crippen molar-refractivity contribution in [3.8, 4) is 5.75 Å². The first kappa shape index (κ1) is 19.7. The van der Waals surface area contributed by atoms with E-state index < -0.39 is 0 Å². The molecule has 1 amide bonds. The summed E-state index contributed by atoms with van der Waals surface area (Å²) >= 11 is 0. The molecule has 0 fully saturated rings. The third-order valence-electron chi connectivity index (χ3n) is 4.88. The lowest BCUT2D eigenvalue weighted by atomic mass is 9.97. The number of hydrogen-bond donors (Lipinski definition) is 1. The van der Waals surface area contributed by atoms with Crippen molar-refractivity contribution in [3.05, 3.63) is 101 Å². The SMILES string of the molecule is CCC(NC(=O)c1ccccc1OCc1ccccc1)c1ccc(C)cc1C. The van der Waals surface area contributed by atoms with Crippen LogP contribution in [-0.4, -0.2) is 5.91 Å². The van der Waals surface area contributed by atoms with Crippen LogP contribution < -0.4 is 10.1 Å². The number of carbonyl (C=O) groups is 1. The summed E-state index contributed by atoms with van der Waals surface area (Å²) < 4.78 is 5.94. The Hall–Kier alpha value is -3.07. The van der Waals surface area contributed by atoms with E-state index in [2.05, 4.69) is 44.3 Å². The maximum Gasteiger partial charge on any atom is 0.255 e. The van der Waals surface area contributed by atoms with E-state index in [1.54, 1.807) is 0 Å². The van der Waals surface area contributed by atoms with Crippen molar-refractivity contribution in [1.82, 2.24) is 5.32 Å². The van der Waals surface area contributed by atoms with Gasteiger partial charge < -0.3 is 10.1 Å². The highest BCUT2D eigenvalue weighted by atomic mass is 16.5. The molecule has 1 atom stereocenters. The van der Waals surface area contributed by atoms with Crippen molar-refractivity contribution in [3.63, 3.8) is 0 Å². The maximum atomic E-state index is 13.0. The van der Waals surface area contributed by atoms with E-state index >= 15 is 0 Å². The van der Waals surface area contributed by atoms with Gasteiger partial charge in [0.15, 0.2) is 0 Å². The molecule has 0 aliphatic heterocycles. The number of ether oxygens (including phenoxy) is 1. The summed E-state index contributed by atoms with van der Waals surface area (Å²) in [6, 6.07) is 23.7. The number of carbonyl (C=O) groups excluding carboxylic acids is 1. The van der Waals surface area contributed by atoms with Crippen molar-refractivity contribution in [2.24, 2.45) is 0 Å². The molecular weight excluding hydrogens is 346 g/mol. The molecule has 0 heterocycles. The van der Waals surface area contributed by atoms with Gasteiger partial charge in [-0.15, -0.1) is 0 Å². The first-order chi connectivity index (χ1) is 13.6. The molecule has 0 aliphatic rings. The number of amides is 1. The fourth-order valence-corrected chi connectivity index (χ4v) is 3.37. The molecule has 3 nitrogen and oxygen atoms in total. The van der Waals surface area contributed by atoms with Crippen LogP contribution in [0.3, 0.4) is 0 Å². The van der Waals surface area contributed by atoms with Gasteiger partial charge in [0.1, 0.15) is 12.4 Å². The zero-order valence-electron chi connectivity index (χ0n) is 16.7. The lowest BCUT2D eigenvalue weighted by Gasteiger charge is -2.21. The van der Waals surface area contributed by atoms with Gasteiger partial charge in [-0.1, -0.05) is 73.2 Å². The van der Waals surface area contributed by atoms with E-state index in [4.69, 9.17) is 4.74 Å². The first-order valence-electron chi connectivity index (χ1n) is 9.72. The summed E-state index contributed by atoms with van der Waals surface area (Å²) in [4.78, 5) is 13.0. The number of hydrogen-bond acceptors (Lipinski definition) is 2. The molecule has 0 saturated heterocycles. The zero-order valence-corrected chi connectivity index (χ0v) is 16.7. The van der Waals surface area contributed by atoms with Crippen molar-refractivity contribution in [2.75, 3.05) is 0 Å². The number of nitrogens with one attached hydrogen (secondary N) is 1. The van der Waals surface area contributed by atoms with Crippen LogP contribution in [0, 0.1) is 13.8 Å². The van der Waals surface area contributed by atoms with Gasteiger partial charge in [0.25, 0.3) is 5.91 Å². The van der Waals surface area contributed by atoms with Crippen LogP contribution in [0.1, 0.15) is 52.0 Å². The molecule has 3 aromatic carbocycles. The normalized spacial score (nSPS) is 11.7. The minimum atomic E-state index is -0.115. The van der Waals surface area contributed by atoms with Crippen LogP contribution in [0.2, 0.25) is 0 Å². The molecule has 3 aromatic rings. The van der Waals surface area contributed by atoms with Gasteiger partial charge in [-0.2, -0.15) is 0 Å². The van der Waals surface area contributed by atoms with E-state index in [1.807, 2.05) is 54.6 Å². The summed E-state index contributed by atoms with van der Waals surface area (Å²) in [5.74, 6) is 0.481. The lowest BCUT2D eigenvalue weighted by molar-refractivity contribution is 0.0931. The van der Waals surface area contributed by atoms with Crippen LogP contribution in [-0.2, 0) is 6.61 Å². The minimum absolute atomic E-state index is 0.0321. The third kappa shape index (κ3) is 4.80. The van der Waals surface area contributed by atoms with Gasteiger partial charge >= 0.3 is 0 Å². The second kappa shape index (κ2) is 9.23. The average Bonchev–Trinajstić information content (AvgIpc) is 2.72. The highest BCUT2D eigenvalue weighted by molar-refractivity contribution is 5.97. The van der Waals surface area contributed by atoms with E-state index in [1.165, 1.54) is 11.1 Å². The lowest BCUT2D eigenvalue weighted by Crippen LogP contribution is -2.29. The topological polar surface area (TPSA) is 38.3 Å². The predicted octanol–water partition coefficient (Wildman–Crippen LogP) is 5.76. The highest BCUT2D eigenvalue weighted by Crippen LogP contribution is 2.24. The molecule has 0 bridgehead atoms. The zero-order chi connectivity index (χ0) is 19.9. The van der Waals surface area contributed by atoms with Gasteiger partial charge in [0, 0.05) is 0 Å². The van der Waals surface area contributed by atoms with Gasteiger partial charge in [-0.3, -0.25) is 4.79 Å². The Morgan fingerprint density at radius 3 is 2.39 bits per heavy atom. The maximum absolute atomic E-state index is 13.0. The molecule has 3 heteroatoms. The van der Waals surface area contributed by atoms with Crippen LogP contribution >= 0.6 is 0 Å². The third-order valence-corrected chi connectivity index (χ3v) is 4.88. The Morgan fingerprint density at radius 1 is 0.964 bits per heavy atom. The second-order valence-electron chi connectivity index (χ2n) is 7.06. The predicted molar refractivity (Wildman–Crippen MR) is 114 cm³/mol. The summed E-state index contributed by atoms with van der Waals surface area (Å²) in [5.41, 5.74) is 5.20. The van der Waals surface area contributed by atoms with Crippen LogP contribution in [0.25, 0.3) is 0 Å². The van der Waals surface area contributed by atoms with Gasteiger partial charge in [-0.25, -0.2) is 0 Å². The van der Waals surface area contributed by atoms with Crippen LogP contribution in [0.15, 0.2) is 72.8 Å². The number of rotatable bonds is 7. The molecule has 0 radical (unpaired) electrons. The van der Waals surface area contributed by atoms with Crippen molar-refractivity contribution in [2.45, 2.75) is 39.8 Å². The molecule has 28 heavy (non-hydrogen) atoms. The molecule has 3 rings (SSSR count). The first-order valence-corrected chi connectivity index (χ1v) is 9.72. The largest absolute Gasteiger partial charge is 0.488 e. The summed E-state index contributed by atoms with van der Waals surface area (Å²) in [5, 5.41) is 3.18. The Morgan fingerprint density at radius 2 is 1.68 bits per heavy atom. The Bertz CT molecular complexity index is 934.